The van der Waals surface area contributed by atoms with Crippen molar-refractivity contribution in [3.8, 4) is 0 Å². The van der Waals surface area contributed by atoms with E-state index < -0.39 is 11.7 Å². The Bertz CT molecular complexity index is 656. The smallest absolute Gasteiger partial charge is 0.274 e. The van der Waals surface area contributed by atoms with Crippen LogP contribution in [0.4, 0.5) is 15.8 Å². The summed E-state index contributed by atoms with van der Waals surface area (Å²) < 4.78 is 13.3. The molecule has 110 valence electrons. The van der Waals surface area contributed by atoms with Gasteiger partial charge >= 0.3 is 0 Å². The number of hydrogen-bond donors (Lipinski definition) is 2. The van der Waals surface area contributed by atoms with Crippen LogP contribution in [0.3, 0.4) is 0 Å². The van der Waals surface area contributed by atoms with Gasteiger partial charge in [0.1, 0.15) is 5.69 Å². The number of carbonyl (C=O) groups excluding carboxylic acids is 1. The molecule has 2 aromatic rings. The maximum atomic E-state index is 13.3. The Kier molecular flexibility index (Phi) is 4.98. The standard InChI is InChI=1S/C14H12Cl2FN3O/c1-2-18-8-3-4-19-12(7-8)14(21)20-9-5-10(15)13(17)11(16)6-9/h3-7H,2H2,1H3,(H,18,19)(H,20,21). The predicted molar refractivity (Wildman–Crippen MR) is 82.8 cm³/mol. The lowest BCUT2D eigenvalue weighted by atomic mass is 10.2. The normalized spacial score (nSPS) is 10.3. The van der Waals surface area contributed by atoms with Gasteiger partial charge < -0.3 is 10.6 Å². The van der Waals surface area contributed by atoms with E-state index in [9.17, 15) is 9.18 Å². The molecule has 0 spiro atoms. The topological polar surface area (TPSA) is 54.0 Å². The van der Waals surface area contributed by atoms with Gasteiger partial charge in [-0.25, -0.2) is 4.39 Å². The minimum Gasteiger partial charge on any atom is -0.385 e. The molecular formula is C14H12Cl2FN3O. The van der Waals surface area contributed by atoms with Crippen molar-refractivity contribution in [1.29, 1.82) is 0 Å². The lowest BCUT2D eigenvalue weighted by Crippen LogP contribution is -2.14. The molecule has 21 heavy (non-hydrogen) atoms. The molecule has 0 saturated heterocycles. The van der Waals surface area contributed by atoms with Crippen LogP contribution < -0.4 is 10.6 Å². The molecule has 0 radical (unpaired) electrons. The summed E-state index contributed by atoms with van der Waals surface area (Å²) in [7, 11) is 0. The first-order valence-corrected chi connectivity index (χ1v) is 6.92. The highest BCUT2D eigenvalue weighted by Crippen LogP contribution is 2.27. The third kappa shape index (κ3) is 3.83. The molecule has 1 aromatic heterocycles. The van der Waals surface area contributed by atoms with Crippen LogP contribution in [0.25, 0.3) is 0 Å². The maximum absolute atomic E-state index is 13.3. The second-order valence-electron chi connectivity index (χ2n) is 4.17. The highest BCUT2D eigenvalue weighted by molar-refractivity contribution is 6.35. The zero-order valence-electron chi connectivity index (χ0n) is 11.1. The molecule has 2 N–H and O–H groups in total. The molecule has 0 bridgehead atoms. The van der Waals surface area contributed by atoms with E-state index in [0.29, 0.717) is 5.69 Å². The van der Waals surface area contributed by atoms with Crippen molar-refractivity contribution >= 4 is 40.5 Å². The van der Waals surface area contributed by atoms with E-state index in [0.717, 1.165) is 12.2 Å². The molecule has 1 amide bonds. The average molecular weight is 328 g/mol. The largest absolute Gasteiger partial charge is 0.385 e. The Morgan fingerprint density at radius 2 is 1.90 bits per heavy atom. The van der Waals surface area contributed by atoms with E-state index in [4.69, 9.17) is 23.2 Å². The fraction of sp³-hybridized carbons (Fsp3) is 0.143. The van der Waals surface area contributed by atoms with Crippen molar-refractivity contribution < 1.29 is 9.18 Å². The minimum atomic E-state index is -0.719. The first-order valence-electron chi connectivity index (χ1n) is 6.17. The third-order valence-electron chi connectivity index (χ3n) is 2.62. The van der Waals surface area contributed by atoms with Crippen LogP contribution in [0, 0.1) is 5.82 Å². The number of nitrogens with zero attached hydrogens (tertiary/aromatic N) is 1. The van der Waals surface area contributed by atoms with E-state index in [1.807, 2.05) is 6.92 Å². The summed E-state index contributed by atoms with van der Waals surface area (Å²) in [6.45, 7) is 2.68. The molecule has 0 atom stereocenters. The van der Waals surface area contributed by atoms with Gasteiger partial charge in [-0.05, 0) is 31.2 Å². The van der Waals surface area contributed by atoms with Gasteiger partial charge in [-0.3, -0.25) is 9.78 Å². The first-order chi connectivity index (χ1) is 10.0. The molecule has 0 aliphatic rings. The number of rotatable bonds is 4. The quantitative estimate of drug-likeness (QED) is 0.827. The predicted octanol–water partition coefficient (Wildman–Crippen LogP) is 4.21. The van der Waals surface area contributed by atoms with Crippen LogP contribution in [0.1, 0.15) is 17.4 Å². The lowest BCUT2D eigenvalue weighted by Gasteiger charge is -2.08. The van der Waals surface area contributed by atoms with Crippen LogP contribution in [-0.4, -0.2) is 17.4 Å². The third-order valence-corrected chi connectivity index (χ3v) is 3.17. The van der Waals surface area contributed by atoms with E-state index >= 15 is 0 Å². The zero-order chi connectivity index (χ0) is 15.4. The van der Waals surface area contributed by atoms with Crippen molar-refractivity contribution in [3.63, 3.8) is 0 Å². The van der Waals surface area contributed by atoms with E-state index in [-0.39, 0.29) is 15.7 Å². The SMILES string of the molecule is CCNc1ccnc(C(=O)Nc2cc(Cl)c(F)c(Cl)c2)c1. The van der Waals surface area contributed by atoms with Gasteiger partial charge in [-0.15, -0.1) is 0 Å². The Morgan fingerprint density at radius 1 is 1.24 bits per heavy atom. The molecule has 0 aliphatic carbocycles. The van der Waals surface area contributed by atoms with Gasteiger partial charge in [0.25, 0.3) is 5.91 Å². The number of pyridine rings is 1. The average Bonchev–Trinajstić information content (AvgIpc) is 2.45. The molecule has 1 heterocycles. The fourth-order valence-electron chi connectivity index (χ4n) is 1.69. The summed E-state index contributed by atoms with van der Waals surface area (Å²) in [5.74, 6) is -1.16. The van der Waals surface area contributed by atoms with Crippen molar-refractivity contribution in [2.24, 2.45) is 0 Å². The summed E-state index contributed by atoms with van der Waals surface area (Å²) in [5, 5.41) is 5.33. The number of aromatic nitrogens is 1. The second kappa shape index (κ2) is 6.74. The summed E-state index contributed by atoms with van der Waals surface area (Å²) in [6.07, 6.45) is 1.53. The van der Waals surface area contributed by atoms with Crippen LogP contribution in [0.2, 0.25) is 10.0 Å². The molecule has 2 rings (SSSR count). The van der Waals surface area contributed by atoms with Crippen molar-refractivity contribution in [3.05, 3.63) is 52.0 Å². The van der Waals surface area contributed by atoms with Gasteiger partial charge in [-0.1, -0.05) is 23.2 Å². The Balaban J connectivity index is 2.20. The molecule has 0 fully saturated rings. The monoisotopic (exact) mass is 327 g/mol. The number of carbonyl (C=O) groups is 1. The zero-order valence-corrected chi connectivity index (χ0v) is 12.6. The van der Waals surface area contributed by atoms with E-state index in [2.05, 4.69) is 15.6 Å². The molecular weight excluding hydrogens is 316 g/mol. The van der Waals surface area contributed by atoms with E-state index in [1.165, 1.54) is 18.3 Å². The first kappa shape index (κ1) is 15.5. The number of amides is 1. The van der Waals surface area contributed by atoms with Gasteiger partial charge in [0.2, 0.25) is 0 Å². The fourth-order valence-corrected chi connectivity index (χ4v) is 2.18. The molecule has 1 aromatic carbocycles. The number of benzene rings is 1. The number of anilines is 2. The molecule has 7 heteroatoms. The van der Waals surface area contributed by atoms with Crippen molar-refractivity contribution in [1.82, 2.24) is 4.98 Å². The van der Waals surface area contributed by atoms with Crippen molar-refractivity contribution in [2.75, 3.05) is 17.2 Å². The molecule has 0 aliphatic heterocycles. The summed E-state index contributed by atoms with van der Waals surface area (Å²) in [5.41, 5.74) is 1.31. The minimum absolute atomic E-state index is 0.160. The molecule has 0 unspecified atom stereocenters. The Labute approximate surface area is 131 Å². The number of nitrogens with one attached hydrogen (secondary N) is 2. The van der Waals surface area contributed by atoms with E-state index in [1.54, 1.807) is 12.1 Å². The molecule has 0 saturated carbocycles. The summed E-state index contributed by atoms with van der Waals surface area (Å²) in [4.78, 5) is 16.1. The van der Waals surface area contributed by atoms with Crippen LogP contribution in [0.15, 0.2) is 30.5 Å². The van der Waals surface area contributed by atoms with Crippen molar-refractivity contribution in [2.45, 2.75) is 6.92 Å². The summed E-state index contributed by atoms with van der Waals surface area (Å²) in [6, 6.07) is 5.95. The van der Waals surface area contributed by atoms with Crippen LogP contribution in [0.5, 0.6) is 0 Å². The maximum Gasteiger partial charge on any atom is 0.274 e. The second-order valence-corrected chi connectivity index (χ2v) is 4.98. The summed E-state index contributed by atoms with van der Waals surface area (Å²) >= 11 is 11.4. The van der Waals surface area contributed by atoms with Gasteiger partial charge in [-0.2, -0.15) is 0 Å². The Morgan fingerprint density at radius 3 is 2.52 bits per heavy atom. The number of hydrogen-bond acceptors (Lipinski definition) is 3. The molecule has 4 nitrogen and oxygen atoms in total. The van der Waals surface area contributed by atoms with Gasteiger partial charge in [0.05, 0.1) is 10.0 Å². The van der Waals surface area contributed by atoms with Gasteiger partial charge in [0, 0.05) is 24.1 Å². The van der Waals surface area contributed by atoms with Crippen LogP contribution >= 0.6 is 23.2 Å². The van der Waals surface area contributed by atoms with Crippen LogP contribution in [-0.2, 0) is 0 Å². The highest BCUT2D eigenvalue weighted by Gasteiger charge is 2.12. The number of halogens is 3. The lowest BCUT2D eigenvalue weighted by molar-refractivity contribution is 0.102. The van der Waals surface area contributed by atoms with Gasteiger partial charge in [0.15, 0.2) is 5.82 Å². The Hall–Kier alpha value is -1.85. The highest BCUT2D eigenvalue weighted by atomic mass is 35.5.